The topological polar surface area (TPSA) is 112 Å². The Morgan fingerprint density at radius 1 is 1.44 bits per heavy atom. The molecule has 1 aliphatic heterocycles. The van der Waals surface area contributed by atoms with Gasteiger partial charge in [0.15, 0.2) is 0 Å². The van der Waals surface area contributed by atoms with Crippen molar-refractivity contribution < 1.29 is 28.3 Å². The molecule has 2 amide bonds. The zero-order valence-electron chi connectivity index (χ0n) is 18.3. The lowest BCUT2D eigenvalue weighted by Crippen LogP contribution is -2.35. The van der Waals surface area contributed by atoms with Crippen molar-refractivity contribution in [3.05, 3.63) is 52.5 Å². The normalized spacial score (nSPS) is 15.4. The van der Waals surface area contributed by atoms with Crippen LogP contribution in [-0.2, 0) is 11.3 Å². The molecule has 0 saturated carbocycles. The second-order valence-corrected chi connectivity index (χ2v) is 7.73. The summed E-state index contributed by atoms with van der Waals surface area (Å²) in [7, 11) is 0. The molecule has 10 heteroatoms. The molecule has 3 N–H and O–H groups in total. The Bertz CT molecular complexity index is 925. The summed E-state index contributed by atoms with van der Waals surface area (Å²) in [4.78, 5) is 42.2. The highest BCUT2D eigenvalue weighted by Crippen LogP contribution is 2.29. The van der Waals surface area contributed by atoms with E-state index in [1.807, 2.05) is 0 Å². The first kappa shape index (κ1) is 25.1. The Kier molecular flexibility index (Phi) is 8.59. The van der Waals surface area contributed by atoms with Crippen LogP contribution in [-0.4, -0.2) is 64.8 Å². The summed E-state index contributed by atoms with van der Waals surface area (Å²) in [5.41, 5.74) is 1.75. The molecule has 1 aromatic rings. The molecule has 0 saturated heterocycles. The molecule has 0 fully saturated rings. The number of amides is 2. The third-order valence-corrected chi connectivity index (χ3v) is 4.92. The minimum Gasteiger partial charge on any atom is -0.396 e. The van der Waals surface area contributed by atoms with E-state index in [2.05, 4.69) is 15.6 Å². The summed E-state index contributed by atoms with van der Waals surface area (Å²) in [6.07, 6.45) is 5.29. The fourth-order valence-corrected chi connectivity index (χ4v) is 3.23. The lowest BCUT2D eigenvalue weighted by Gasteiger charge is -2.26. The van der Waals surface area contributed by atoms with Crippen LogP contribution in [0.15, 0.2) is 35.7 Å². The Morgan fingerprint density at radius 2 is 2.16 bits per heavy atom. The Balaban J connectivity index is 2.29. The number of allylic oxidation sites excluding steroid dienone is 1. The maximum Gasteiger partial charge on any atom is 0.270 e. The van der Waals surface area contributed by atoms with Crippen LogP contribution in [0.2, 0.25) is 0 Å². The number of fused-ring (bicyclic) bond motifs is 1. The van der Waals surface area contributed by atoms with E-state index in [0.717, 1.165) is 6.92 Å². The lowest BCUT2D eigenvalue weighted by molar-refractivity contribution is -0.104. The van der Waals surface area contributed by atoms with Crippen molar-refractivity contribution in [2.45, 2.75) is 45.7 Å². The van der Waals surface area contributed by atoms with E-state index in [1.54, 1.807) is 13.8 Å². The quantitative estimate of drug-likeness (QED) is 0.205. The highest BCUT2D eigenvalue weighted by atomic mass is 19.3. The number of aliphatic hydroxyl groups is 1. The van der Waals surface area contributed by atoms with Gasteiger partial charge in [-0.05, 0) is 43.6 Å². The van der Waals surface area contributed by atoms with Crippen LogP contribution in [0.5, 0.6) is 0 Å². The predicted molar refractivity (Wildman–Crippen MR) is 114 cm³/mol. The first-order chi connectivity index (χ1) is 15.1. The lowest BCUT2D eigenvalue weighted by atomic mass is 10.1. The van der Waals surface area contributed by atoms with Gasteiger partial charge < -0.3 is 20.6 Å². The predicted octanol–water partition coefficient (Wildman–Crippen LogP) is 1.81. The number of alkyl halides is 2. The van der Waals surface area contributed by atoms with Gasteiger partial charge in [-0.15, -0.1) is 0 Å². The average Bonchev–Trinajstić information content (AvgIpc) is 3.08. The largest absolute Gasteiger partial charge is 0.396 e. The van der Waals surface area contributed by atoms with E-state index in [9.17, 15) is 23.2 Å². The van der Waals surface area contributed by atoms with Gasteiger partial charge in [-0.3, -0.25) is 19.4 Å². The maximum atomic E-state index is 13.2. The number of hydrogen-bond acceptors (Lipinski definition) is 6. The van der Waals surface area contributed by atoms with Crippen LogP contribution in [0.3, 0.4) is 0 Å². The van der Waals surface area contributed by atoms with Crippen molar-refractivity contribution in [2.75, 3.05) is 19.7 Å². The average molecular weight is 450 g/mol. The van der Waals surface area contributed by atoms with E-state index in [-0.39, 0.29) is 31.3 Å². The van der Waals surface area contributed by atoms with Gasteiger partial charge in [0.2, 0.25) is 0 Å². The van der Waals surface area contributed by atoms with Crippen LogP contribution < -0.4 is 10.6 Å². The van der Waals surface area contributed by atoms with Gasteiger partial charge in [-0.2, -0.15) is 0 Å². The zero-order valence-corrected chi connectivity index (χ0v) is 18.3. The number of rotatable bonds is 11. The Hall–Kier alpha value is -3.14. The number of halogens is 2. The number of carbonyl (C=O) groups excluding carboxylic acids is 3. The van der Waals surface area contributed by atoms with Crippen molar-refractivity contribution in [1.29, 1.82) is 0 Å². The van der Waals surface area contributed by atoms with Gasteiger partial charge in [0.05, 0.1) is 12.6 Å². The number of aldehydes is 1. The highest BCUT2D eigenvalue weighted by Gasteiger charge is 2.35. The molecule has 1 atom stereocenters. The van der Waals surface area contributed by atoms with Crippen LogP contribution >= 0.6 is 0 Å². The van der Waals surface area contributed by atoms with Gasteiger partial charge in [0, 0.05) is 50.1 Å². The number of nitrogens with zero attached hydrogens (tertiary/aromatic N) is 2. The minimum absolute atomic E-state index is 0.0643. The molecule has 2 rings (SSSR count). The molecule has 8 nitrogen and oxygen atoms in total. The standard InChI is InChI=1S/C22H28F2N4O4/c1-14(12-30)9-16(10-25-13-22(3,23)24)15(2)28-11-18-17(21(28)32)5-7-26-19(18)20(31)27-6-4-8-29/h5,7,9-10,12,15,25,29H,4,6,8,11,13H2,1-3H3,(H,27,31). The van der Waals surface area contributed by atoms with E-state index >= 15 is 0 Å². The first-order valence-corrected chi connectivity index (χ1v) is 10.2. The second-order valence-electron chi connectivity index (χ2n) is 7.73. The van der Waals surface area contributed by atoms with Gasteiger partial charge in [0.25, 0.3) is 17.7 Å². The van der Waals surface area contributed by atoms with Crippen LogP contribution in [0.1, 0.15) is 53.6 Å². The van der Waals surface area contributed by atoms with E-state index < -0.39 is 24.4 Å². The van der Waals surface area contributed by atoms with Crippen molar-refractivity contribution in [3.8, 4) is 0 Å². The Morgan fingerprint density at radius 3 is 2.78 bits per heavy atom. The molecule has 0 aliphatic carbocycles. The number of hydrogen-bond donors (Lipinski definition) is 3. The van der Waals surface area contributed by atoms with E-state index in [1.165, 1.54) is 29.4 Å². The fraction of sp³-hybridized carbons (Fsp3) is 0.455. The van der Waals surface area contributed by atoms with Crippen LogP contribution in [0.25, 0.3) is 0 Å². The van der Waals surface area contributed by atoms with Crippen LogP contribution in [0.4, 0.5) is 8.78 Å². The summed E-state index contributed by atoms with van der Waals surface area (Å²) >= 11 is 0. The molecule has 0 radical (unpaired) electrons. The Labute approximate surface area is 185 Å². The van der Waals surface area contributed by atoms with Gasteiger partial charge in [-0.25, -0.2) is 8.78 Å². The molecule has 2 heterocycles. The SMILES string of the molecule is CC(C=O)=CC(=CNCC(C)(F)F)C(C)N1Cc2c(ccnc2C(=O)NCCCO)C1=O. The molecular formula is C22H28F2N4O4. The van der Waals surface area contributed by atoms with Crippen molar-refractivity contribution >= 4 is 18.1 Å². The smallest absolute Gasteiger partial charge is 0.270 e. The molecular weight excluding hydrogens is 422 g/mol. The summed E-state index contributed by atoms with van der Waals surface area (Å²) in [5.74, 6) is -3.71. The number of aromatic nitrogens is 1. The summed E-state index contributed by atoms with van der Waals surface area (Å²) in [6, 6.07) is 0.953. The highest BCUT2D eigenvalue weighted by molar-refractivity contribution is 6.03. The number of pyridine rings is 1. The maximum absolute atomic E-state index is 13.2. The monoisotopic (exact) mass is 450 g/mol. The molecule has 174 valence electrons. The van der Waals surface area contributed by atoms with Gasteiger partial charge >= 0.3 is 0 Å². The van der Waals surface area contributed by atoms with Crippen molar-refractivity contribution in [3.63, 3.8) is 0 Å². The molecule has 0 aromatic carbocycles. The first-order valence-electron chi connectivity index (χ1n) is 10.2. The summed E-state index contributed by atoms with van der Waals surface area (Å²) in [5, 5.41) is 14.1. The fourth-order valence-electron chi connectivity index (χ4n) is 3.23. The van der Waals surface area contributed by atoms with Crippen molar-refractivity contribution in [2.24, 2.45) is 0 Å². The number of nitrogens with one attached hydrogen (secondary N) is 2. The third kappa shape index (κ3) is 6.43. The third-order valence-electron chi connectivity index (χ3n) is 4.92. The summed E-state index contributed by atoms with van der Waals surface area (Å²) in [6.45, 7) is 3.76. The van der Waals surface area contributed by atoms with Gasteiger partial charge in [0.1, 0.15) is 12.0 Å². The molecule has 32 heavy (non-hydrogen) atoms. The van der Waals surface area contributed by atoms with E-state index in [4.69, 9.17) is 5.11 Å². The van der Waals surface area contributed by atoms with Crippen molar-refractivity contribution in [1.82, 2.24) is 20.5 Å². The number of aliphatic hydroxyl groups excluding tert-OH is 1. The molecule has 0 spiro atoms. The molecule has 1 unspecified atom stereocenters. The van der Waals surface area contributed by atoms with E-state index in [0.29, 0.717) is 35.0 Å². The molecule has 1 aromatic heterocycles. The second kappa shape index (κ2) is 10.9. The molecule has 0 bridgehead atoms. The zero-order chi connectivity index (χ0) is 23.9. The van der Waals surface area contributed by atoms with Crippen LogP contribution in [0, 0.1) is 0 Å². The summed E-state index contributed by atoms with van der Waals surface area (Å²) < 4.78 is 26.4. The molecule has 1 aliphatic rings. The minimum atomic E-state index is -2.93. The number of carbonyl (C=O) groups is 3. The van der Waals surface area contributed by atoms with Gasteiger partial charge in [-0.1, -0.05) is 0 Å².